The fourth-order valence-electron chi connectivity index (χ4n) is 4.51. The van der Waals surface area contributed by atoms with Gasteiger partial charge in [0.2, 0.25) is 0 Å². The number of alkyl halides is 1. The molecule has 2 saturated heterocycles. The van der Waals surface area contributed by atoms with Gasteiger partial charge in [0.25, 0.3) is 0 Å². The van der Waals surface area contributed by atoms with Crippen LogP contribution in [0.25, 0.3) is 0 Å². The van der Waals surface area contributed by atoms with Gasteiger partial charge in [-0.05, 0) is 39.5 Å². The Bertz CT molecular complexity index is 355. The Hall–Kier alpha value is 0.170. The van der Waals surface area contributed by atoms with E-state index in [0.717, 1.165) is 19.6 Å². The minimum Gasteiger partial charge on any atom is -0.370 e. The summed E-state index contributed by atoms with van der Waals surface area (Å²) in [5.41, 5.74) is 0.134. The first-order valence-electron chi connectivity index (χ1n) is 8.64. The molecule has 122 valence electrons. The molecule has 2 heterocycles. The lowest BCUT2D eigenvalue weighted by atomic mass is 9.83. The van der Waals surface area contributed by atoms with E-state index in [2.05, 4.69) is 18.7 Å². The standard InChI is InChI=1S/C17H30ClNO2/c1-16(2)13-19(12-15(10-18)20-16)11-14-6-9-17(21-14)7-4-3-5-8-17/h14-15H,3-13H2,1-2H3. The summed E-state index contributed by atoms with van der Waals surface area (Å²) in [6, 6.07) is 0. The Morgan fingerprint density at radius 2 is 1.81 bits per heavy atom. The summed E-state index contributed by atoms with van der Waals surface area (Å²) >= 11 is 6.02. The fraction of sp³-hybridized carbons (Fsp3) is 1.00. The summed E-state index contributed by atoms with van der Waals surface area (Å²) in [5.74, 6) is 0.579. The van der Waals surface area contributed by atoms with Crippen LogP contribution in [0.1, 0.15) is 58.8 Å². The maximum atomic E-state index is 6.51. The van der Waals surface area contributed by atoms with Crippen LogP contribution in [0, 0.1) is 0 Å². The average molecular weight is 316 g/mol. The monoisotopic (exact) mass is 315 g/mol. The van der Waals surface area contributed by atoms with Crippen LogP contribution in [0.15, 0.2) is 0 Å². The van der Waals surface area contributed by atoms with Crippen molar-refractivity contribution < 1.29 is 9.47 Å². The highest BCUT2D eigenvalue weighted by molar-refractivity contribution is 6.18. The number of hydrogen-bond donors (Lipinski definition) is 0. The van der Waals surface area contributed by atoms with Crippen molar-refractivity contribution in [2.45, 2.75) is 82.2 Å². The van der Waals surface area contributed by atoms with E-state index >= 15 is 0 Å². The molecule has 21 heavy (non-hydrogen) atoms. The largest absolute Gasteiger partial charge is 0.370 e. The molecule has 1 aliphatic carbocycles. The van der Waals surface area contributed by atoms with Crippen molar-refractivity contribution in [3.8, 4) is 0 Å². The lowest BCUT2D eigenvalue weighted by Gasteiger charge is -2.43. The normalized spacial score (nSPS) is 36.1. The predicted molar refractivity (Wildman–Crippen MR) is 86.0 cm³/mol. The van der Waals surface area contributed by atoms with Gasteiger partial charge in [-0.1, -0.05) is 19.3 Å². The van der Waals surface area contributed by atoms with Crippen LogP contribution in [0.5, 0.6) is 0 Å². The lowest BCUT2D eigenvalue weighted by Crippen LogP contribution is -2.55. The lowest BCUT2D eigenvalue weighted by molar-refractivity contribution is -0.140. The zero-order valence-electron chi connectivity index (χ0n) is 13.6. The number of rotatable bonds is 3. The molecule has 2 unspecified atom stereocenters. The molecule has 0 aromatic carbocycles. The van der Waals surface area contributed by atoms with E-state index in [9.17, 15) is 0 Å². The van der Waals surface area contributed by atoms with Crippen molar-refractivity contribution in [2.75, 3.05) is 25.5 Å². The van der Waals surface area contributed by atoms with Gasteiger partial charge in [-0.25, -0.2) is 0 Å². The number of morpholine rings is 1. The molecule has 1 saturated carbocycles. The van der Waals surface area contributed by atoms with E-state index in [1.807, 2.05) is 0 Å². The third-order valence-electron chi connectivity index (χ3n) is 5.29. The van der Waals surface area contributed by atoms with Crippen LogP contribution in [-0.2, 0) is 9.47 Å². The zero-order valence-corrected chi connectivity index (χ0v) is 14.3. The van der Waals surface area contributed by atoms with Crippen molar-refractivity contribution in [2.24, 2.45) is 0 Å². The van der Waals surface area contributed by atoms with E-state index in [1.54, 1.807) is 0 Å². The molecule has 3 nitrogen and oxygen atoms in total. The Labute approximate surface area is 134 Å². The summed E-state index contributed by atoms with van der Waals surface area (Å²) < 4.78 is 12.5. The molecular formula is C17H30ClNO2. The van der Waals surface area contributed by atoms with Gasteiger partial charge >= 0.3 is 0 Å². The quantitative estimate of drug-likeness (QED) is 0.743. The van der Waals surface area contributed by atoms with Crippen LogP contribution in [0.4, 0.5) is 0 Å². The van der Waals surface area contributed by atoms with Crippen LogP contribution in [-0.4, -0.2) is 53.8 Å². The molecule has 1 spiro atoms. The Morgan fingerprint density at radius 3 is 2.52 bits per heavy atom. The number of ether oxygens (including phenoxy) is 2. The first-order chi connectivity index (χ1) is 10.0. The molecule has 3 aliphatic rings. The third-order valence-corrected chi connectivity index (χ3v) is 5.63. The fourth-order valence-corrected chi connectivity index (χ4v) is 4.67. The van der Waals surface area contributed by atoms with Crippen LogP contribution < -0.4 is 0 Å². The highest BCUT2D eigenvalue weighted by atomic mass is 35.5. The molecular weight excluding hydrogens is 286 g/mol. The zero-order chi connectivity index (χ0) is 14.9. The van der Waals surface area contributed by atoms with Gasteiger partial charge in [0.1, 0.15) is 0 Å². The van der Waals surface area contributed by atoms with Gasteiger partial charge < -0.3 is 9.47 Å². The molecule has 0 aromatic rings. The topological polar surface area (TPSA) is 21.7 Å². The van der Waals surface area contributed by atoms with Gasteiger partial charge in [-0.3, -0.25) is 4.90 Å². The second-order valence-corrected chi connectivity index (χ2v) is 8.18. The maximum absolute atomic E-state index is 6.51. The van der Waals surface area contributed by atoms with Crippen LogP contribution >= 0.6 is 11.6 Å². The van der Waals surface area contributed by atoms with Gasteiger partial charge in [-0.15, -0.1) is 11.6 Å². The van der Waals surface area contributed by atoms with Crippen molar-refractivity contribution in [1.82, 2.24) is 4.90 Å². The SMILES string of the molecule is CC1(C)CN(CC2CCC3(CCCCC3)O2)CC(CCl)O1. The molecule has 0 bridgehead atoms. The smallest absolute Gasteiger partial charge is 0.0844 e. The van der Waals surface area contributed by atoms with E-state index in [4.69, 9.17) is 21.1 Å². The highest BCUT2D eigenvalue weighted by Crippen LogP contribution is 2.42. The minimum atomic E-state index is -0.0983. The second kappa shape index (κ2) is 6.35. The van der Waals surface area contributed by atoms with Crippen LogP contribution in [0.3, 0.4) is 0 Å². The summed E-state index contributed by atoms with van der Waals surface area (Å²) in [5, 5.41) is 0. The van der Waals surface area contributed by atoms with Crippen LogP contribution in [0.2, 0.25) is 0 Å². The molecule has 2 aliphatic heterocycles. The van der Waals surface area contributed by atoms with Gasteiger partial charge in [0.05, 0.1) is 23.4 Å². The van der Waals surface area contributed by atoms with Gasteiger partial charge in [0.15, 0.2) is 0 Å². The van der Waals surface area contributed by atoms with Crippen molar-refractivity contribution in [3.05, 3.63) is 0 Å². The molecule has 3 fully saturated rings. The first kappa shape index (κ1) is 16.0. The first-order valence-corrected chi connectivity index (χ1v) is 9.18. The molecule has 0 radical (unpaired) electrons. The molecule has 2 atom stereocenters. The second-order valence-electron chi connectivity index (χ2n) is 7.87. The maximum Gasteiger partial charge on any atom is 0.0844 e. The van der Waals surface area contributed by atoms with E-state index in [1.165, 1.54) is 44.9 Å². The third kappa shape index (κ3) is 3.93. The summed E-state index contributed by atoms with van der Waals surface area (Å²) in [6.45, 7) is 7.29. The predicted octanol–water partition coefficient (Wildman–Crippen LogP) is 3.59. The Balaban J connectivity index is 1.54. The van der Waals surface area contributed by atoms with E-state index in [0.29, 0.717) is 12.0 Å². The molecule has 4 heteroatoms. The van der Waals surface area contributed by atoms with Gasteiger partial charge in [0, 0.05) is 25.5 Å². The summed E-state index contributed by atoms with van der Waals surface area (Å²) in [7, 11) is 0. The summed E-state index contributed by atoms with van der Waals surface area (Å²) in [6.07, 6.45) is 9.72. The average Bonchev–Trinajstić information content (AvgIpc) is 2.80. The highest BCUT2D eigenvalue weighted by Gasteiger charge is 2.42. The minimum absolute atomic E-state index is 0.0983. The Kier molecular flexibility index (Phi) is 4.85. The number of hydrogen-bond acceptors (Lipinski definition) is 3. The van der Waals surface area contributed by atoms with E-state index < -0.39 is 0 Å². The molecule has 0 aromatic heterocycles. The van der Waals surface area contributed by atoms with Crippen molar-refractivity contribution >= 4 is 11.6 Å². The van der Waals surface area contributed by atoms with Crippen molar-refractivity contribution in [3.63, 3.8) is 0 Å². The number of halogens is 1. The van der Waals surface area contributed by atoms with Crippen molar-refractivity contribution in [1.29, 1.82) is 0 Å². The molecule has 3 rings (SSSR count). The molecule has 0 N–H and O–H groups in total. The van der Waals surface area contributed by atoms with E-state index in [-0.39, 0.29) is 17.3 Å². The Morgan fingerprint density at radius 1 is 1.05 bits per heavy atom. The number of nitrogens with zero attached hydrogens (tertiary/aromatic N) is 1. The molecule has 0 amide bonds. The van der Waals surface area contributed by atoms with Gasteiger partial charge in [-0.2, -0.15) is 0 Å². The summed E-state index contributed by atoms with van der Waals surface area (Å²) in [4.78, 5) is 2.50.